The van der Waals surface area contributed by atoms with Gasteiger partial charge in [0.05, 0.1) is 23.2 Å². The Hall–Kier alpha value is -3.41. The molecule has 4 rings (SSSR count). The van der Waals surface area contributed by atoms with Gasteiger partial charge in [0.25, 0.3) is 11.8 Å². The van der Waals surface area contributed by atoms with Gasteiger partial charge in [0, 0.05) is 0 Å². The normalized spacial score (nSPS) is 13.8. The number of benzene rings is 3. The van der Waals surface area contributed by atoms with Gasteiger partial charge in [0.15, 0.2) is 0 Å². The fourth-order valence-corrected chi connectivity index (χ4v) is 3.48. The molecule has 6 heteroatoms. The SMILES string of the molecule is O=C1c2ccccc2C(=O)N1Cc1cccc(-c2ccccc2)c1C(F)(F)F. The van der Waals surface area contributed by atoms with Crippen molar-refractivity contribution in [2.45, 2.75) is 12.7 Å². The number of alkyl halides is 3. The second kappa shape index (κ2) is 6.64. The van der Waals surface area contributed by atoms with Crippen LogP contribution in [0.4, 0.5) is 13.2 Å². The van der Waals surface area contributed by atoms with E-state index in [0.29, 0.717) is 5.56 Å². The Morgan fingerprint density at radius 3 is 1.79 bits per heavy atom. The van der Waals surface area contributed by atoms with Crippen LogP contribution in [0.3, 0.4) is 0 Å². The van der Waals surface area contributed by atoms with E-state index in [1.54, 1.807) is 42.5 Å². The van der Waals surface area contributed by atoms with E-state index < -0.39 is 30.1 Å². The van der Waals surface area contributed by atoms with E-state index in [1.165, 1.54) is 30.3 Å². The molecule has 0 radical (unpaired) electrons. The lowest BCUT2D eigenvalue weighted by molar-refractivity contribution is -0.137. The number of carbonyl (C=O) groups excluding carboxylic acids is 2. The number of rotatable bonds is 3. The first kappa shape index (κ1) is 18.0. The van der Waals surface area contributed by atoms with Crippen molar-refractivity contribution in [3.63, 3.8) is 0 Å². The minimum Gasteiger partial charge on any atom is -0.270 e. The maximum absolute atomic E-state index is 13.9. The van der Waals surface area contributed by atoms with Crippen molar-refractivity contribution < 1.29 is 22.8 Å². The van der Waals surface area contributed by atoms with Crippen LogP contribution in [-0.4, -0.2) is 16.7 Å². The number of imide groups is 1. The first-order valence-electron chi connectivity index (χ1n) is 8.57. The Balaban J connectivity index is 1.80. The summed E-state index contributed by atoms with van der Waals surface area (Å²) < 4.78 is 41.8. The lowest BCUT2D eigenvalue weighted by Gasteiger charge is -2.21. The molecule has 3 aromatic rings. The van der Waals surface area contributed by atoms with Gasteiger partial charge in [-0.1, -0.05) is 60.7 Å². The zero-order valence-electron chi connectivity index (χ0n) is 14.5. The topological polar surface area (TPSA) is 37.4 Å². The first-order valence-corrected chi connectivity index (χ1v) is 8.57. The van der Waals surface area contributed by atoms with Crippen molar-refractivity contribution in [3.05, 3.63) is 95.1 Å². The summed E-state index contributed by atoms with van der Waals surface area (Å²) in [6, 6.07) is 18.7. The van der Waals surface area contributed by atoms with E-state index in [1.807, 2.05) is 0 Å². The van der Waals surface area contributed by atoms with Crippen LogP contribution >= 0.6 is 0 Å². The molecule has 28 heavy (non-hydrogen) atoms. The van der Waals surface area contributed by atoms with Gasteiger partial charge < -0.3 is 0 Å². The number of fused-ring (bicyclic) bond motifs is 1. The minimum atomic E-state index is -4.64. The second-order valence-electron chi connectivity index (χ2n) is 6.45. The molecule has 0 aromatic heterocycles. The Kier molecular flexibility index (Phi) is 4.26. The largest absolute Gasteiger partial charge is 0.417 e. The van der Waals surface area contributed by atoms with Crippen LogP contribution in [0.25, 0.3) is 11.1 Å². The maximum atomic E-state index is 13.9. The van der Waals surface area contributed by atoms with Gasteiger partial charge in [-0.3, -0.25) is 14.5 Å². The van der Waals surface area contributed by atoms with Crippen LogP contribution in [0.15, 0.2) is 72.8 Å². The molecule has 0 saturated heterocycles. The molecule has 0 spiro atoms. The van der Waals surface area contributed by atoms with E-state index in [0.717, 1.165) is 4.90 Å². The van der Waals surface area contributed by atoms with Crippen molar-refractivity contribution in [1.82, 2.24) is 4.90 Å². The monoisotopic (exact) mass is 381 g/mol. The first-order chi connectivity index (χ1) is 13.4. The van der Waals surface area contributed by atoms with E-state index >= 15 is 0 Å². The molecular formula is C22H14F3NO2. The molecule has 0 saturated carbocycles. The van der Waals surface area contributed by atoms with Crippen LogP contribution in [0, 0.1) is 0 Å². The van der Waals surface area contributed by atoms with Crippen LogP contribution in [-0.2, 0) is 12.7 Å². The predicted molar refractivity (Wildman–Crippen MR) is 97.5 cm³/mol. The molecule has 140 valence electrons. The Morgan fingerprint density at radius 1 is 0.679 bits per heavy atom. The third kappa shape index (κ3) is 2.97. The smallest absolute Gasteiger partial charge is 0.270 e. The fraction of sp³-hybridized carbons (Fsp3) is 0.0909. The van der Waals surface area contributed by atoms with E-state index in [2.05, 4.69) is 0 Å². The van der Waals surface area contributed by atoms with Crippen molar-refractivity contribution in [2.75, 3.05) is 0 Å². The summed E-state index contributed by atoms with van der Waals surface area (Å²) in [5, 5.41) is 0. The quantitative estimate of drug-likeness (QED) is 0.587. The molecule has 1 aliphatic heterocycles. The summed E-state index contributed by atoms with van der Waals surface area (Å²) in [4.78, 5) is 26.0. The second-order valence-corrected chi connectivity index (χ2v) is 6.45. The maximum Gasteiger partial charge on any atom is 0.417 e. The average molecular weight is 381 g/mol. The van der Waals surface area contributed by atoms with Gasteiger partial charge in [0.1, 0.15) is 0 Å². The van der Waals surface area contributed by atoms with Crippen molar-refractivity contribution >= 4 is 11.8 Å². The van der Waals surface area contributed by atoms with E-state index in [4.69, 9.17) is 0 Å². The number of hydrogen-bond acceptors (Lipinski definition) is 2. The van der Waals surface area contributed by atoms with Gasteiger partial charge in [0.2, 0.25) is 0 Å². The molecular weight excluding hydrogens is 367 g/mol. The fourth-order valence-electron chi connectivity index (χ4n) is 3.48. The number of halogens is 3. The van der Waals surface area contributed by atoms with Crippen LogP contribution in [0.1, 0.15) is 31.8 Å². The molecule has 1 aliphatic rings. The van der Waals surface area contributed by atoms with Crippen LogP contribution in [0.2, 0.25) is 0 Å². The van der Waals surface area contributed by atoms with E-state index in [9.17, 15) is 22.8 Å². The molecule has 0 unspecified atom stereocenters. The molecule has 0 fully saturated rings. The predicted octanol–water partition coefficient (Wildman–Crippen LogP) is 5.17. The Labute approximate surface area is 159 Å². The van der Waals surface area contributed by atoms with Crippen LogP contribution < -0.4 is 0 Å². The van der Waals surface area contributed by atoms with Gasteiger partial charge in [-0.25, -0.2) is 0 Å². The lowest BCUT2D eigenvalue weighted by Crippen LogP contribution is -2.30. The van der Waals surface area contributed by atoms with Crippen molar-refractivity contribution in [3.8, 4) is 11.1 Å². The van der Waals surface area contributed by atoms with Gasteiger partial charge >= 0.3 is 6.18 Å². The van der Waals surface area contributed by atoms with Gasteiger partial charge in [-0.05, 0) is 28.8 Å². The number of carbonyl (C=O) groups is 2. The summed E-state index contributed by atoms with van der Waals surface area (Å²) in [7, 11) is 0. The number of hydrogen-bond donors (Lipinski definition) is 0. The highest BCUT2D eigenvalue weighted by Gasteiger charge is 2.40. The molecule has 2 amide bonds. The summed E-state index contributed by atoms with van der Waals surface area (Å²) >= 11 is 0. The summed E-state index contributed by atoms with van der Waals surface area (Å²) in [5.74, 6) is -1.17. The molecule has 3 aromatic carbocycles. The third-order valence-electron chi connectivity index (χ3n) is 4.73. The zero-order chi connectivity index (χ0) is 19.9. The molecule has 0 atom stereocenters. The summed E-state index contributed by atoms with van der Waals surface area (Å²) in [6.45, 7) is -0.443. The Bertz CT molecular complexity index is 1040. The molecule has 3 nitrogen and oxygen atoms in total. The average Bonchev–Trinajstić information content (AvgIpc) is 2.93. The van der Waals surface area contributed by atoms with Gasteiger partial charge in [-0.2, -0.15) is 13.2 Å². The Morgan fingerprint density at radius 2 is 1.21 bits per heavy atom. The lowest BCUT2D eigenvalue weighted by atomic mass is 9.94. The summed E-state index contributed by atoms with van der Waals surface area (Å²) in [6.07, 6.45) is -4.64. The summed E-state index contributed by atoms with van der Waals surface area (Å²) in [5.41, 5.74) is -0.108. The highest BCUT2D eigenvalue weighted by atomic mass is 19.4. The van der Waals surface area contributed by atoms with Gasteiger partial charge in [-0.15, -0.1) is 0 Å². The standard InChI is InChI=1S/C22H14F3NO2/c23-22(24,25)19-15(9-6-12-16(19)14-7-2-1-3-8-14)13-26-20(27)17-10-4-5-11-18(17)21(26)28/h1-12H,13H2. The van der Waals surface area contributed by atoms with Crippen molar-refractivity contribution in [2.24, 2.45) is 0 Å². The third-order valence-corrected chi connectivity index (χ3v) is 4.73. The minimum absolute atomic E-state index is 0.0159. The molecule has 1 heterocycles. The molecule has 0 aliphatic carbocycles. The highest BCUT2D eigenvalue weighted by molar-refractivity contribution is 6.21. The highest BCUT2D eigenvalue weighted by Crippen LogP contribution is 2.40. The zero-order valence-corrected chi connectivity index (χ0v) is 14.5. The molecule has 0 bridgehead atoms. The van der Waals surface area contributed by atoms with Crippen LogP contribution in [0.5, 0.6) is 0 Å². The van der Waals surface area contributed by atoms with E-state index in [-0.39, 0.29) is 22.3 Å². The number of amides is 2. The molecule has 0 N–H and O–H groups in total. The number of nitrogens with zero attached hydrogens (tertiary/aromatic N) is 1. The van der Waals surface area contributed by atoms with Crippen molar-refractivity contribution in [1.29, 1.82) is 0 Å².